The highest BCUT2D eigenvalue weighted by Crippen LogP contribution is 2.80. The largest absolute Gasteiger partial charge is 0.508 e. The first-order valence-electron chi connectivity index (χ1n) is 14.1. The topological polar surface area (TPSA) is 120 Å². The molecule has 7 nitrogen and oxygen atoms in total. The van der Waals surface area contributed by atoms with Gasteiger partial charge in [-0.3, -0.25) is 9.59 Å². The second kappa shape index (κ2) is 6.93. The van der Waals surface area contributed by atoms with Crippen LogP contribution in [0.2, 0.25) is 0 Å². The van der Waals surface area contributed by atoms with E-state index in [2.05, 4.69) is 40.7 Å². The maximum absolute atomic E-state index is 14.5. The fourth-order valence-electron chi connectivity index (χ4n) is 10.5. The summed E-state index contributed by atoms with van der Waals surface area (Å²) in [6, 6.07) is 2.19. The summed E-state index contributed by atoms with van der Waals surface area (Å²) in [6.45, 7) is 12.4. The van der Waals surface area contributed by atoms with E-state index in [4.69, 9.17) is 9.47 Å². The third-order valence-electron chi connectivity index (χ3n) is 13.1. The molecular weight excluding hydrogens is 482 g/mol. The molecule has 1 spiro atoms. The van der Waals surface area contributed by atoms with E-state index in [-0.39, 0.29) is 29.3 Å². The van der Waals surface area contributed by atoms with Gasteiger partial charge in [0.05, 0.1) is 24.2 Å². The lowest BCUT2D eigenvalue weighted by Crippen LogP contribution is -2.75. The quantitative estimate of drug-likeness (QED) is 0.363. The molecule has 38 heavy (non-hydrogen) atoms. The zero-order valence-corrected chi connectivity index (χ0v) is 23.8. The summed E-state index contributed by atoms with van der Waals surface area (Å²) < 4.78 is 11.7. The molecule has 0 aromatic rings. The van der Waals surface area contributed by atoms with Gasteiger partial charge in [0.1, 0.15) is 17.0 Å². The lowest BCUT2D eigenvalue weighted by Gasteiger charge is -2.70. The van der Waals surface area contributed by atoms with Gasteiger partial charge in [0, 0.05) is 16.7 Å². The molecule has 4 fully saturated rings. The minimum Gasteiger partial charge on any atom is -0.508 e. The first kappa shape index (κ1) is 26.1. The maximum Gasteiger partial charge on any atom is 0.312 e. The fraction of sp³-hybridized carbons (Fsp3) is 0.774. The molecule has 1 aliphatic heterocycles. The van der Waals surface area contributed by atoms with Gasteiger partial charge >= 0.3 is 5.97 Å². The molecule has 6 rings (SSSR count). The number of fused-ring (bicyclic) bond motifs is 6. The Hall–Kier alpha value is -2.17. The van der Waals surface area contributed by atoms with Crippen molar-refractivity contribution in [2.24, 2.45) is 33.0 Å². The molecule has 7 heteroatoms. The minimum atomic E-state index is -1.73. The van der Waals surface area contributed by atoms with Crippen LogP contribution in [0.25, 0.3) is 0 Å². The van der Waals surface area contributed by atoms with Crippen LogP contribution in [0.4, 0.5) is 0 Å². The highest BCUT2D eigenvalue weighted by molar-refractivity contribution is 6.01. The Balaban J connectivity index is 1.56. The van der Waals surface area contributed by atoms with Crippen LogP contribution in [-0.2, 0) is 19.1 Å². The number of carbonyl (C=O) groups excluding carboxylic acids is 2. The maximum atomic E-state index is 14.5. The van der Waals surface area contributed by atoms with Crippen molar-refractivity contribution in [2.75, 3.05) is 7.11 Å². The average Bonchev–Trinajstić information content (AvgIpc) is 3.51. The molecule has 206 valence electrons. The van der Waals surface area contributed by atoms with Gasteiger partial charge < -0.3 is 19.7 Å². The third-order valence-corrected chi connectivity index (χ3v) is 13.1. The van der Waals surface area contributed by atoms with Gasteiger partial charge in [0.2, 0.25) is 0 Å². The summed E-state index contributed by atoms with van der Waals surface area (Å²) in [4.78, 5) is 27.9. The molecule has 0 unspecified atom stereocenters. The van der Waals surface area contributed by atoms with E-state index >= 15 is 0 Å². The normalized spacial score (nSPS) is 52.2. The summed E-state index contributed by atoms with van der Waals surface area (Å²) >= 11 is 0. The molecule has 3 saturated carbocycles. The zero-order chi connectivity index (χ0) is 27.9. The van der Waals surface area contributed by atoms with Crippen molar-refractivity contribution >= 4 is 11.8 Å². The Kier molecular flexibility index (Phi) is 4.76. The monoisotopic (exact) mass is 523 g/mol. The van der Waals surface area contributed by atoms with Gasteiger partial charge in [-0.25, -0.2) is 0 Å². The number of ether oxygens (including phenoxy) is 2. The average molecular weight is 524 g/mol. The number of hydrogen-bond donors (Lipinski definition) is 2. The number of aliphatic hydroxyl groups is 2. The van der Waals surface area contributed by atoms with Crippen LogP contribution in [0.15, 0.2) is 23.0 Å². The SMILES string of the molecule is COC(=O)[C@]12CCC(C)(C)C[C@H]1[C@@]1(O)C(=O)C=C3[C@@](C)(CC[C@@]45O[C@]4(C)C(O)=C(C#N)C[C@]35C)[C@]1(C)CC2. The number of methoxy groups -OCH3 is 1. The summed E-state index contributed by atoms with van der Waals surface area (Å²) in [5.74, 6) is -1.20. The number of hydrogen-bond acceptors (Lipinski definition) is 7. The van der Waals surface area contributed by atoms with Gasteiger partial charge in [0.25, 0.3) is 0 Å². The Morgan fingerprint density at radius 1 is 1.05 bits per heavy atom. The van der Waals surface area contributed by atoms with Crippen LogP contribution in [0.5, 0.6) is 0 Å². The van der Waals surface area contributed by atoms with Crippen molar-refractivity contribution in [3.05, 3.63) is 23.0 Å². The van der Waals surface area contributed by atoms with Crippen molar-refractivity contribution in [3.63, 3.8) is 0 Å². The molecule has 5 aliphatic carbocycles. The van der Waals surface area contributed by atoms with Gasteiger partial charge in [-0.15, -0.1) is 0 Å². The predicted octanol–water partition coefficient (Wildman–Crippen LogP) is 5.09. The van der Waals surface area contributed by atoms with Crippen LogP contribution in [0, 0.1) is 44.3 Å². The first-order chi connectivity index (χ1) is 17.5. The molecular formula is C31H41NO6. The number of allylic oxidation sites excluding steroid dienone is 1. The van der Waals surface area contributed by atoms with Crippen LogP contribution in [0.3, 0.4) is 0 Å². The second-order valence-corrected chi connectivity index (χ2v) is 14.8. The van der Waals surface area contributed by atoms with E-state index in [0.29, 0.717) is 44.1 Å². The van der Waals surface area contributed by atoms with Crippen LogP contribution < -0.4 is 0 Å². The Labute approximate surface area is 225 Å². The Morgan fingerprint density at radius 2 is 1.71 bits per heavy atom. The van der Waals surface area contributed by atoms with E-state index in [1.807, 2.05) is 6.92 Å². The molecule has 0 aromatic heterocycles. The molecule has 2 N–H and O–H groups in total. The van der Waals surface area contributed by atoms with Gasteiger partial charge in [-0.05, 0) is 75.2 Å². The van der Waals surface area contributed by atoms with E-state index in [9.17, 15) is 25.1 Å². The van der Waals surface area contributed by atoms with E-state index < -0.39 is 44.4 Å². The fourth-order valence-corrected chi connectivity index (χ4v) is 10.5. The Bertz CT molecular complexity index is 1290. The molecule has 0 aromatic carbocycles. The summed E-state index contributed by atoms with van der Waals surface area (Å²) in [5, 5.41) is 33.7. The van der Waals surface area contributed by atoms with Crippen molar-refractivity contribution in [2.45, 2.75) is 110 Å². The summed E-state index contributed by atoms with van der Waals surface area (Å²) in [6.07, 6.45) is 6.34. The standard InChI is InChI=1S/C31H41NO6/c1-24(2)8-11-29(23(35)37-7)12-10-27(5)25(3)9-13-30-26(4,15-18(17-32)22(34)28(30,6)38-30)19(25)14-21(33)31(27,36)20(29)16-24/h14,20,34,36H,8-13,15-16H2,1-7H3/t20-,25-,26-,27+,28-,29+,30+,31-/m1/s1. The molecule has 1 heterocycles. The third kappa shape index (κ3) is 2.42. The first-order valence-corrected chi connectivity index (χ1v) is 14.1. The molecule has 8 atom stereocenters. The van der Waals surface area contributed by atoms with E-state index in [0.717, 1.165) is 12.0 Å². The van der Waals surface area contributed by atoms with Crippen LogP contribution in [0.1, 0.15) is 92.9 Å². The highest BCUT2D eigenvalue weighted by atomic mass is 16.6. The lowest BCUT2D eigenvalue weighted by atomic mass is 9.33. The van der Waals surface area contributed by atoms with E-state index in [1.54, 1.807) is 6.08 Å². The molecule has 6 aliphatic rings. The molecule has 0 radical (unpaired) electrons. The number of rotatable bonds is 1. The minimum absolute atomic E-state index is 0.0106. The highest BCUT2D eigenvalue weighted by Gasteiger charge is 2.85. The van der Waals surface area contributed by atoms with Crippen molar-refractivity contribution in [1.29, 1.82) is 5.26 Å². The van der Waals surface area contributed by atoms with Gasteiger partial charge in [0.15, 0.2) is 11.4 Å². The molecule has 1 saturated heterocycles. The lowest BCUT2D eigenvalue weighted by molar-refractivity contribution is -0.248. The van der Waals surface area contributed by atoms with Gasteiger partial charge in [-0.2, -0.15) is 5.26 Å². The number of nitrogens with zero attached hydrogens (tertiary/aromatic N) is 1. The summed E-state index contributed by atoms with van der Waals surface area (Å²) in [7, 11) is 1.40. The number of epoxide rings is 1. The Morgan fingerprint density at radius 3 is 2.34 bits per heavy atom. The number of esters is 1. The zero-order valence-electron chi connectivity index (χ0n) is 23.8. The second-order valence-electron chi connectivity index (χ2n) is 14.8. The van der Waals surface area contributed by atoms with Crippen LogP contribution in [-0.4, -0.2) is 45.9 Å². The molecule has 0 bridgehead atoms. The van der Waals surface area contributed by atoms with Crippen molar-refractivity contribution in [3.8, 4) is 6.07 Å². The van der Waals surface area contributed by atoms with Crippen LogP contribution >= 0.6 is 0 Å². The smallest absolute Gasteiger partial charge is 0.312 e. The number of aliphatic hydroxyl groups excluding tert-OH is 1. The van der Waals surface area contributed by atoms with Crippen molar-refractivity contribution < 1.29 is 29.3 Å². The van der Waals surface area contributed by atoms with Gasteiger partial charge in [-0.1, -0.05) is 40.2 Å². The number of nitriles is 1. The van der Waals surface area contributed by atoms with Crippen molar-refractivity contribution in [1.82, 2.24) is 0 Å². The summed E-state index contributed by atoms with van der Waals surface area (Å²) in [5.41, 5.74) is -5.26. The number of carbonyl (C=O) groups is 2. The van der Waals surface area contributed by atoms with E-state index in [1.165, 1.54) is 7.11 Å². The molecule has 0 amide bonds. The number of ketones is 1. The predicted molar refractivity (Wildman–Crippen MR) is 139 cm³/mol.